The molecule has 2 aromatic rings. The van der Waals surface area contributed by atoms with E-state index in [4.69, 9.17) is 4.74 Å². The monoisotopic (exact) mass is 410 g/mol. The maximum Gasteiger partial charge on any atom is 0.328 e. The van der Waals surface area contributed by atoms with Crippen molar-refractivity contribution in [3.63, 3.8) is 0 Å². The molecule has 0 spiro atoms. The van der Waals surface area contributed by atoms with Gasteiger partial charge in [-0.25, -0.2) is 4.79 Å². The molecule has 1 heterocycles. The quantitative estimate of drug-likeness (QED) is 0.644. The number of amides is 2. The smallest absolute Gasteiger partial charge is 0.328 e. The van der Waals surface area contributed by atoms with Crippen LogP contribution in [0, 0.1) is 0 Å². The van der Waals surface area contributed by atoms with Crippen molar-refractivity contribution in [2.45, 2.75) is 44.5 Å². The third-order valence-electron chi connectivity index (χ3n) is 5.24. The van der Waals surface area contributed by atoms with Gasteiger partial charge in [-0.05, 0) is 23.1 Å². The number of likely N-dealkylation sites (tertiary alicyclic amines) is 1. The van der Waals surface area contributed by atoms with E-state index < -0.39 is 18.1 Å². The minimum atomic E-state index is -0.884. The van der Waals surface area contributed by atoms with Gasteiger partial charge in [-0.3, -0.25) is 9.59 Å². The van der Waals surface area contributed by atoms with Gasteiger partial charge in [0.25, 0.3) is 0 Å². The first-order valence-electron chi connectivity index (χ1n) is 9.92. The Balaban J connectivity index is 1.72. The van der Waals surface area contributed by atoms with Crippen LogP contribution in [-0.4, -0.2) is 47.0 Å². The van der Waals surface area contributed by atoms with Gasteiger partial charge in [0.2, 0.25) is 11.8 Å². The molecule has 1 saturated heterocycles. The first-order chi connectivity index (χ1) is 14.5. The van der Waals surface area contributed by atoms with Gasteiger partial charge in [-0.1, -0.05) is 54.6 Å². The van der Waals surface area contributed by atoms with E-state index in [1.165, 1.54) is 7.11 Å². The first kappa shape index (κ1) is 21.5. The molecule has 3 rings (SSSR count). The van der Waals surface area contributed by atoms with Crippen molar-refractivity contribution in [3.8, 4) is 0 Å². The number of benzene rings is 2. The number of carbonyl (C=O) groups excluding carboxylic acids is 3. The fraction of sp³-hybridized carbons (Fsp3) is 0.348. The van der Waals surface area contributed by atoms with Crippen LogP contribution in [0.3, 0.4) is 0 Å². The number of aliphatic hydroxyl groups excluding tert-OH is 1. The summed E-state index contributed by atoms with van der Waals surface area (Å²) in [6, 6.07) is 15.1. The fourth-order valence-corrected chi connectivity index (χ4v) is 3.68. The van der Waals surface area contributed by atoms with Crippen molar-refractivity contribution in [1.29, 1.82) is 0 Å². The average Bonchev–Trinajstić information content (AvgIpc) is 3.13. The van der Waals surface area contributed by atoms with Crippen molar-refractivity contribution in [2.75, 3.05) is 7.11 Å². The molecule has 2 aromatic carbocycles. The van der Waals surface area contributed by atoms with Crippen LogP contribution in [-0.2, 0) is 38.7 Å². The molecule has 2 amide bonds. The molecule has 7 heteroatoms. The Morgan fingerprint density at radius 2 is 1.83 bits per heavy atom. The van der Waals surface area contributed by atoms with Crippen LogP contribution in [0.1, 0.15) is 29.5 Å². The van der Waals surface area contributed by atoms with Gasteiger partial charge in [-0.2, -0.15) is 0 Å². The van der Waals surface area contributed by atoms with Gasteiger partial charge < -0.3 is 20.1 Å². The predicted octanol–water partition coefficient (Wildman–Crippen LogP) is 1.57. The molecule has 7 nitrogen and oxygen atoms in total. The Labute approximate surface area is 175 Å². The fourth-order valence-electron chi connectivity index (χ4n) is 3.68. The van der Waals surface area contributed by atoms with Gasteiger partial charge in [0.05, 0.1) is 13.7 Å². The summed E-state index contributed by atoms with van der Waals surface area (Å²) in [4.78, 5) is 39.2. The van der Waals surface area contributed by atoms with E-state index in [9.17, 15) is 19.5 Å². The zero-order chi connectivity index (χ0) is 21.5. The molecule has 2 atom stereocenters. The number of nitrogens with one attached hydrogen (secondary N) is 1. The number of carbonyl (C=O) groups is 3. The lowest BCUT2D eigenvalue weighted by molar-refractivity contribution is -0.146. The normalized spacial score (nSPS) is 16.9. The largest absolute Gasteiger partial charge is 0.467 e. The number of esters is 1. The van der Waals surface area contributed by atoms with E-state index >= 15 is 0 Å². The molecule has 1 fully saturated rings. The number of methoxy groups -OCH3 is 1. The molecular weight excluding hydrogens is 384 g/mol. The van der Waals surface area contributed by atoms with Gasteiger partial charge in [-0.15, -0.1) is 0 Å². The van der Waals surface area contributed by atoms with E-state index in [0.29, 0.717) is 19.4 Å². The van der Waals surface area contributed by atoms with Crippen LogP contribution in [0.4, 0.5) is 0 Å². The number of hydrogen-bond acceptors (Lipinski definition) is 5. The maximum absolute atomic E-state index is 13.0. The molecule has 2 N–H and O–H groups in total. The Hall–Kier alpha value is -3.19. The maximum atomic E-state index is 13.0. The van der Waals surface area contributed by atoms with Crippen LogP contribution >= 0.6 is 0 Å². The van der Waals surface area contributed by atoms with Crippen LogP contribution in [0.25, 0.3) is 0 Å². The summed E-state index contributed by atoms with van der Waals surface area (Å²) in [5.41, 5.74) is 2.45. The van der Waals surface area contributed by atoms with E-state index in [-0.39, 0.29) is 24.8 Å². The lowest BCUT2D eigenvalue weighted by Crippen LogP contribution is -2.51. The van der Waals surface area contributed by atoms with E-state index in [0.717, 1.165) is 16.7 Å². The summed E-state index contributed by atoms with van der Waals surface area (Å²) in [6.07, 6.45) is 0.934. The summed E-state index contributed by atoms with van der Waals surface area (Å²) < 4.78 is 4.86. The minimum Gasteiger partial charge on any atom is -0.467 e. The standard InChI is InChI=1S/C23H26N2O5/c1-30-23(29)19(13-17-8-5-9-18(12-17)15-26)24-22(28)20-10-11-21(27)25(20)14-16-6-3-2-4-7-16/h2-9,12,19-20,26H,10-11,13-15H2,1H3,(H,24,28)/t19-,20-/m0/s1. The Morgan fingerprint density at radius 3 is 2.53 bits per heavy atom. The molecule has 0 aromatic heterocycles. The zero-order valence-corrected chi connectivity index (χ0v) is 16.9. The lowest BCUT2D eigenvalue weighted by Gasteiger charge is -2.26. The van der Waals surface area contributed by atoms with Crippen molar-refractivity contribution in [2.24, 2.45) is 0 Å². The third-order valence-corrected chi connectivity index (χ3v) is 5.24. The highest BCUT2D eigenvalue weighted by molar-refractivity contribution is 5.93. The molecule has 0 bridgehead atoms. The number of nitrogens with zero attached hydrogens (tertiary/aromatic N) is 1. The van der Waals surface area contributed by atoms with Gasteiger partial charge in [0.15, 0.2) is 0 Å². The predicted molar refractivity (Wildman–Crippen MR) is 110 cm³/mol. The summed E-state index contributed by atoms with van der Waals surface area (Å²) in [5, 5.41) is 12.1. The second-order valence-corrected chi connectivity index (χ2v) is 7.33. The number of ether oxygens (including phenoxy) is 1. The Kier molecular flexibility index (Phi) is 7.19. The molecule has 0 aliphatic carbocycles. The second-order valence-electron chi connectivity index (χ2n) is 7.33. The molecule has 1 aliphatic rings. The highest BCUT2D eigenvalue weighted by Gasteiger charge is 2.37. The van der Waals surface area contributed by atoms with Gasteiger partial charge in [0, 0.05) is 19.4 Å². The van der Waals surface area contributed by atoms with Crippen molar-refractivity contribution < 1.29 is 24.2 Å². The number of rotatable bonds is 8. The number of hydrogen-bond donors (Lipinski definition) is 2. The van der Waals surface area contributed by atoms with Gasteiger partial charge >= 0.3 is 5.97 Å². The summed E-state index contributed by atoms with van der Waals surface area (Å²) in [7, 11) is 1.27. The number of aliphatic hydroxyl groups is 1. The molecule has 1 aliphatic heterocycles. The van der Waals surface area contributed by atoms with Crippen molar-refractivity contribution in [3.05, 3.63) is 71.3 Å². The van der Waals surface area contributed by atoms with Crippen LogP contribution in [0.2, 0.25) is 0 Å². The molecule has 0 unspecified atom stereocenters. The highest BCUT2D eigenvalue weighted by atomic mass is 16.5. The van der Waals surface area contributed by atoms with Crippen molar-refractivity contribution >= 4 is 17.8 Å². The van der Waals surface area contributed by atoms with E-state index in [1.54, 1.807) is 23.1 Å². The molecule has 158 valence electrons. The summed E-state index contributed by atoms with van der Waals surface area (Å²) in [6.45, 7) is 0.237. The summed E-state index contributed by atoms with van der Waals surface area (Å²) in [5.74, 6) is -1.01. The third kappa shape index (κ3) is 5.24. The topological polar surface area (TPSA) is 95.9 Å². The van der Waals surface area contributed by atoms with E-state index in [2.05, 4.69) is 5.32 Å². The zero-order valence-electron chi connectivity index (χ0n) is 16.9. The van der Waals surface area contributed by atoms with Gasteiger partial charge in [0.1, 0.15) is 12.1 Å². The molecular formula is C23H26N2O5. The Bertz CT molecular complexity index is 899. The minimum absolute atomic E-state index is 0.0794. The van der Waals surface area contributed by atoms with Crippen molar-refractivity contribution in [1.82, 2.24) is 10.2 Å². The van der Waals surface area contributed by atoms with Crippen LogP contribution in [0.5, 0.6) is 0 Å². The van der Waals surface area contributed by atoms with E-state index in [1.807, 2.05) is 36.4 Å². The first-order valence-corrected chi connectivity index (χ1v) is 9.92. The second kappa shape index (κ2) is 10.0. The molecule has 30 heavy (non-hydrogen) atoms. The van der Waals surface area contributed by atoms with Crippen LogP contribution < -0.4 is 5.32 Å². The molecule has 0 saturated carbocycles. The van der Waals surface area contributed by atoms with Crippen LogP contribution in [0.15, 0.2) is 54.6 Å². The SMILES string of the molecule is COC(=O)[C@H](Cc1cccc(CO)c1)NC(=O)[C@@H]1CCC(=O)N1Cc1ccccc1. The lowest BCUT2D eigenvalue weighted by atomic mass is 10.0. The summed E-state index contributed by atoms with van der Waals surface area (Å²) >= 11 is 0. The molecule has 0 radical (unpaired) electrons. The Morgan fingerprint density at radius 1 is 1.13 bits per heavy atom. The average molecular weight is 410 g/mol. The highest BCUT2D eigenvalue weighted by Crippen LogP contribution is 2.22.